The molecule has 1 aliphatic heterocycles. The number of carbonyl (C=O) groups is 1. The third kappa shape index (κ3) is 5.96. The number of rotatable bonds is 7. The number of piperazine rings is 1. The standard InChI is InChI=1S/C26H34N2O2/c1-20(2)24-13-12-21(3)19-25(24)30-22(4)26(29)28-17-15-27(16-18-28)14-8-11-23-9-6-5-7-10-23/h5-13,19-20,22H,14-18H2,1-4H3/b11-8+. The van der Waals surface area contributed by atoms with Gasteiger partial charge in [-0.1, -0.05) is 68.5 Å². The van der Waals surface area contributed by atoms with Crippen molar-refractivity contribution in [2.75, 3.05) is 32.7 Å². The summed E-state index contributed by atoms with van der Waals surface area (Å²) in [7, 11) is 0. The maximum atomic E-state index is 12.9. The Morgan fingerprint density at radius 2 is 1.73 bits per heavy atom. The number of ether oxygens (including phenoxy) is 1. The van der Waals surface area contributed by atoms with Gasteiger partial charge in [0, 0.05) is 32.7 Å². The van der Waals surface area contributed by atoms with Crippen LogP contribution in [0.3, 0.4) is 0 Å². The number of amides is 1. The summed E-state index contributed by atoms with van der Waals surface area (Å²) in [6.07, 6.45) is 3.87. The zero-order chi connectivity index (χ0) is 21.5. The molecule has 1 aliphatic rings. The van der Waals surface area contributed by atoms with E-state index in [9.17, 15) is 4.79 Å². The number of carbonyl (C=O) groups excluding carboxylic acids is 1. The first kappa shape index (κ1) is 22.1. The lowest BCUT2D eigenvalue weighted by Gasteiger charge is -2.35. The predicted molar refractivity (Wildman–Crippen MR) is 124 cm³/mol. The summed E-state index contributed by atoms with van der Waals surface area (Å²) in [6.45, 7) is 12.4. The quantitative estimate of drug-likeness (QED) is 0.666. The molecule has 1 heterocycles. The molecule has 0 bridgehead atoms. The first-order chi connectivity index (χ1) is 14.4. The van der Waals surface area contributed by atoms with Crippen molar-refractivity contribution in [3.63, 3.8) is 0 Å². The average Bonchev–Trinajstić information content (AvgIpc) is 2.74. The largest absolute Gasteiger partial charge is 0.481 e. The third-order valence-corrected chi connectivity index (χ3v) is 5.60. The second-order valence-electron chi connectivity index (χ2n) is 8.40. The van der Waals surface area contributed by atoms with E-state index in [1.165, 1.54) is 5.56 Å². The van der Waals surface area contributed by atoms with Crippen LogP contribution in [0.25, 0.3) is 6.08 Å². The van der Waals surface area contributed by atoms with E-state index in [2.05, 4.69) is 62.1 Å². The van der Waals surface area contributed by atoms with Gasteiger partial charge in [-0.3, -0.25) is 9.69 Å². The van der Waals surface area contributed by atoms with Gasteiger partial charge in [-0.15, -0.1) is 0 Å². The van der Waals surface area contributed by atoms with Crippen LogP contribution in [0.1, 0.15) is 43.4 Å². The topological polar surface area (TPSA) is 32.8 Å². The van der Waals surface area contributed by atoms with Crippen LogP contribution in [0, 0.1) is 6.92 Å². The number of hydrogen-bond acceptors (Lipinski definition) is 3. The van der Waals surface area contributed by atoms with Crippen LogP contribution >= 0.6 is 0 Å². The van der Waals surface area contributed by atoms with E-state index < -0.39 is 6.10 Å². The predicted octanol–water partition coefficient (Wildman–Crippen LogP) is 4.74. The fourth-order valence-electron chi connectivity index (χ4n) is 3.77. The summed E-state index contributed by atoms with van der Waals surface area (Å²) in [5, 5.41) is 0. The van der Waals surface area contributed by atoms with Crippen molar-refractivity contribution in [2.24, 2.45) is 0 Å². The zero-order valence-electron chi connectivity index (χ0n) is 18.7. The lowest BCUT2D eigenvalue weighted by molar-refractivity contribution is -0.139. The minimum atomic E-state index is -0.478. The Morgan fingerprint density at radius 1 is 1.03 bits per heavy atom. The molecule has 1 atom stereocenters. The third-order valence-electron chi connectivity index (χ3n) is 5.60. The fourth-order valence-corrected chi connectivity index (χ4v) is 3.77. The summed E-state index contributed by atoms with van der Waals surface area (Å²) in [5.74, 6) is 1.26. The van der Waals surface area contributed by atoms with Crippen LogP contribution in [0.4, 0.5) is 0 Å². The van der Waals surface area contributed by atoms with Crippen molar-refractivity contribution < 1.29 is 9.53 Å². The molecule has 1 saturated heterocycles. The summed E-state index contributed by atoms with van der Waals surface area (Å²) in [4.78, 5) is 17.3. The minimum absolute atomic E-state index is 0.0747. The summed E-state index contributed by atoms with van der Waals surface area (Å²) in [5.41, 5.74) is 3.51. The highest BCUT2D eigenvalue weighted by atomic mass is 16.5. The minimum Gasteiger partial charge on any atom is -0.481 e. The maximum absolute atomic E-state index is 12.9. The van der Waals surface area contributed by atoms with Crippen LogP contribution < -0.4 is 4.74 Å². The smallest absolute Gasteiger partial charge is 0.263 e. The molecule has 1 unspecified atom stereocenters. The van der Waals surface area contributed by atoms with Gasteiger partial charge in [0.1, 0.15) is 5.75 Å². The van der Waals surface area contributed by atoms with Gasteiger partial charge in [-0.2, -0.15) is 0 Å². The molecule has 0 N–H and O–H groups in total. The molecule has 30 heavy (non-hydrogen) atoms. The number of hydrogen-bond donors (Lipinski definition) is 0. The molecule has 2 aromatic carbocycles. The molecule has 1 amide bonds. The Labute approximate surface area is 181 Å². The van der Waals surface area contributed by atoms with E-state index in [-0.39, 0.29) is 5.91 Å². The van der Waals surface area contributed by atoms with Gasteiger partial charge >= 0.3 is 0 Å². The molecule has 1 fully saturated rings. The summed E-state index contributed by atoms with van der Waals surface area (Å²) in [6, 6.07) is 16.6. The van der Waals surface area contributed by atoms with Crippen molar-refractivity contribution >= 4 is 12.0 Å². The zero-order valence-corrected chi connectivity index (χ0v) is 18.7. The van der Waals surface area contributed by atoms with Gasteiger partial charge in [0.2, 0.25) is 0 Å². The Kier molecular flexibility index (Phi) is 7.69. The Morgan fingerprint density at radius 3 is 2.40 bits per heavy atom. The molecule has 2 aromatic rings. The van der Waals surface area contributed by atoms with Gasteiger partial charge in [0.25, 0.3) is 5.91 Å². The average molecular weight is 407 g/mol. The van der Waals surface area contributed by atoms with Crippen LogP contribution in [0.15, 0.2) is 54.6 Å². The lowest BCUT2D eigenvalue weighted by Crippen LogP contribution is -2.51. The highest BCUT2D eigenvalue weighted by molar-refractivity contribution is 5.81. The van der Waals surface area contributed by atoms with E-state index in [4.69, 9.17) is 4.74 Å². The molecule has 0 radical (unpaired) electrons. The van der Waals surface area contributed by atoms with E-state index in [0.29, 0.717) is 5.92 Å². The molecule has 4 heteroatoms. The molecule has 3 rings (SSSR count). The first-order valence-corrected chi connectivity index (χ1v) is 10.9. The molecular formula is C26H34N2O2. The maximum Gasteiger partial charge on any atom is 0.263 e. The summed E-state index contributed by atoms with van der Waals surface area (Å²) < 4.78 is 6.13. The van der Waals surface area contributed by atoms with Crippen LogP contribution in [0.5, 0.6) is 5.75 Å². The molecule has 160 valence electrons. The second kappa shape index (κ2) is 10.4. The van der Waals surface area contributed by atoms with E-state index >= 15 is 0 Å². The van der Waals surface area contributed by atoms with Gasteiger partial charge in [-0.05, 0) is 42.5 Å². The number of aryl methyl sites for hydroxylation is 1. The van der Waals surface area contributed by atoms with Crippen molar-refractivity contribution in [3.05, 3.63) is 71.3 Å². The molecule has 0 aliphatic carbocycles. The van der Waals surface area contributed by atoms with Crippen molar-refractivity contribution in [2.45, 2.75) is 39.7 Å². The molecule has 4 nitrogen and oxygen atoms in total. The van der Waals surface area contributed by atoms with Crippen LogP contribution in [-0.2, 0) is 4.79 Å². The monoisotopic (exact) mass is 406 g/mol. The highest BCUT2D eigenvalue weighted by Gasteiger charge is 2.26. The number of benzene rings is 2. The van der Waals surface area contributed by atoms with Crippen LogP contribution in [-0.4, -0.2) is 54.5 Å². The van der Waals surface area contributed by atoms with Crippen LogP contribution in [0.2, 0.25) is 0 Å². The molecule has 0 saturated carbocycles. The lowest BCUT2D eigenvalue weighted by atomic mass is 10.0. The highest BCUT2D eigenvalue weighted by Crippen LogP contribution is 2.28. The Hall–Kier alpha value is -2.59. The van der Waals surface area contributed by atoms with Crippen molar-refractivity contribution in [1.29, 1.82) is 0 Å². The number of nitrogens with zero attached hydrogens (tertiary/aromatic N) is 2. The van der Waals surface area contributed by atoms with Gasteiger partial charge in [-0.25, -0.2) is 0 Å². The van der Waals surface area contributed by atoms with Crippen molar-refractivity contribution in [3.8, 4) is 5.75 Å². The molecular weight excluding hydrogens is 372 g/mol. The fraction of sp³-hybridized carbons (Fsp3) is 0.423. The van der Waals surface area contributed by atoms with E-state index in [1.807, 2.05) is 36.1 Å². The van der Waals surface area contributed by atoms with E-state index in [1.54, 1.807) is 0 Å². The second-order valence-corrected chi connectivity index (χ2v) is 8.40. The SMILES string of the molecule is Cc1ccc(C(C)C)c(OC(C)C(=O)N2CCN(C/C=C/c3ccccc3)CC2)c1. The summed E-state index contributed by atoms with van der Waals surface area (Å²) >= 11 is 0. The van der Waals surface area contributed by atoms with Gasteiger partial charge in [0.05, 0.1) is 0 Å². The normalized spacial score (nSPS) is 16.2. The van der Waals surface area contributed by atoms with Gasteiger partial charge in [0.15, 0.2) is 6.10 Å². The van der Waals surface area contributed by atoms with E-state index in [0.717, 1.165) is 49.6 Å². The van der Waals surface area contributed by atoms with Crippen molar-refractivity contribution in [1.82, 2.24) is 9.80 Å². The molecule has 0 aromatic heterocycles. The Bertz CT molecular complexity index is 853. The first-order valence-electron chi connectivity index (χ1n) is 10.9. The Balaban J connectivity index is 1.50. The molecule has 0 spiro atoms. The van der Waals surface area contributed by atoms with Gasteiger partial charge < -0.3 is 9.64 Å².